The monoisotopic (exact) mass is 242 g/mol. The van der Waals surface area contributed by atoms with Crippen LogP contribution in [0.2, 0.25) is 0 Å². The highest BCUT2D eigenvalue weighted by atomic mass is 16.7. The Hall–Kier alpha value is -0.740. The van der Waals surface area contributed by atoms with Crippen LogP contribution in [0.5, 0.6) is 0 Å². The molecule has 4 heteroatoms. The van der Waals surface area contributed by atoms with Gasteiger partial charge in [-0.05, 0) is 40.5 Å². The molecule has 0 spiro atoms. The van der Waals surface area contributed by atoms with E-state index in [0.29, 0.717) is 25.7 Å². The number of Topliss-reactive ketones (excluding diaryl/α,β-unsaturated/α-hetero) is 2. The molecule has 0 aromatic heterocycles. The van der Waals surface area contributed by atoms with Crippen LogP contribution in [0.15, 0.2) is 0 Å². The van der Waals surface area contributed by atoms with Crippen LogP contribution in [0.4, 0.5) is 0 Å². The molecule has 1 saturated heterocycles. The normalized spacial score (nSPS) is 27.1. The molecule has 1 heterocycles. The Bertz CT molecular complexity index is 268. The van der Waals surface area contributed by atoms with E-state index in [9.17, 15) is 9.59 Å². The van der Waals surface area contributed by atoms with Gasteiger partial charge in [-0.3, -0.25) is 0 Å². The van der Waals surface area contributed by atoms with Crippen LogP contribution in [0.3, 0.4) is 0 Å². The minimum atomic E-state index is -0.608. The lowest BCUT2D eigenvalue weighted by Crippen LogP contribution is -2.23. The van der Waals surface area contributed by atoms with Crippen molar-refractivity contribution in [3.63, 3.8) is 0 Å². The zero-order valence-electron chi connectivity index (χ0n) is 11.1. The molecule has 0 aromatic rings. The molecular weight excluding hydrogens is 220 g/mol. The van der Waals surface area contributed by atoms with Crippen LogP contribution < -0.4 is 0 Å². The molecule has 0 bridgehead atoms. The van der Waals surface area contributed by atoms with Crippen molar-refractivity contribution in [2.75, 3.05) is 0 Å². The van der Waals surface area contributed by atoms with Crippen LogP contribution in [0.25, 0.3) is 0 Å². The Morgan fingerprint density at radius 1 is 0.941 bits per heavy atom. The van der Waals surface area contributed by atoms with Crippen molar-refractivity contribution in [2.24, 2.45) is 0 Å². The van der Waals surface area contributed by atoms with Crippen molar-refractivity contribution in [3.05, 3.63) is 0 Å². The van der Waals surface area contributed by atoms with Gasteiger partial charge in [0, 0.05) is 12.8 Å². The largest absolute Gasteiger partial charge is 0.345 e. The molecule has 2 atom stereocenters. The average molecular weight is 242 g/mol. The first-order valence-electron chi connectivity index (χ1n) is 6.14. The molecule has 1 aliphatic heterocycles. The quantitative estimate of drug-likeness (QED) is 0.716. The fraction of sp³-hybridized carbons (Fsp3) is 0.846. The fourth-order valence-electron chi connectivity index (χ4n) is 2.09. The van der Waals surface area contributed by atoms with Crippen molar-refractivity contribution in [1.82, 2.24) is 0 Å². The summed E-state index contributed by atoms with van der Waals surface area (Å²) < 4.78 is 11.5. The van der Waals surface area contributed by atoms with Crippen molar-refractivity contribution in [3.8, 4) is 0 Å². The van der Waals surface area contributed by atoms with Gasteiger partial charge in [-0.25, -0.2) is 0 Å². The van der Waals surface area contributed by atoms with Gasteiger partial charge >= 0.3 is 0 Å². The molecule has 98 valence electrons. The fourth-order valence-corrected chi connectivity index (χ4v) is 2.09. The lowest BCUT2D eigenvalue weighted by Gasteiger charge is -2.16. The molecule has 0 amide bonds. The van der Waals surface area contributed by atoms with Crippen LogP contribution >= 0.6 is 0 Å². The van der Waals surface area contributed by atoms with Crippen molar-refractivity contribution >= 4 is 11.6 Å². The Labute approximate surface area is 103 Å². The van der Waals surface area contributed by atoms with E-state index in [2.05, 4.69) is 0 Å². The molecule has 1 rings (SSSR count). The summed E-state index contributed by atoms with van der Waals surface area (Å²) in [5.41, 5.74) is 0. The number of carbonyl (C=O) groups is 2. The Kier molecular flexibility index (Phi) is 4.83. The number of ether oxygens (including phenoxy) is 2. The lowest BCUT2D eigenvalue weighted by molar-refractivity contribution is -0.148. The van der Waals surface area contributed by atoms with E-state index >= 15 is 0 Å². The molecule has 0 aliphatic carbocycles. The minimum Gasteiger partial charge on any atom is -0.345 e. The average Bonchev–Trinajstić information content (AvgIpc) is 2.47. The van der Waals surface area contributed by atoms with E-state index in [-0.39, 0.29) is 23.8 Å². The Morgan fingerprint density at radius 3 is 1.59 bits per heavy atom. The van der Waals surface area contributed by atoms with E-state index in [1.165, 1.54) is 0 Å². The lowest BCUT2D eigenvalue weighted by atomic mass is 10.0. The van der Waals surface area contributed by atoms with E-state index < -0.39 is 5.79 Å². The molecule has 0 saturated carbocycles. The molecule has 17 heavy (non-hydrogen) atoms. The van der Waals surface area contributed by atoms with Gasteiger partial charge in [0.15, 0.2) is 5.79 Å². The van der Waals surface area contributed by atoms with Crippen LogP contribution in [0, 0.1) is 0 Å². The summed E-state index contributed by atoms with van der Waals surface area (Å²) in [5, 5.41) is 0. The maximum atomic E-state index is 11.0. The van der Waals surface area contributed by atoms with Crippen molar-refractivity contribution in [1.29, 1.82) is 0 Å². The standard InChI is InChI=1S/C13H22O4/c1-9(14)5-7-11-12(8-6-10(2)15)17-13(3,4)16-11/h11-12H,5-8H2,1-4H3/t11-,12-/m1/s1. The highest BCUT2D eigenvalue weighted by Gasteiger charge is 2.40. The maximum absolute atomic E-state index is 11.0. The van der Waals surface area contributed by atoms with Crippen molar-refractivity contribution < 1.29 is 19.1 Å². The molecule has 0 N–H and O–H groups in total. The number of hydrogen-bond donors (Lipinski definition) is 0. The van der Waals surface area contributed by atoms with Gasteiger partial charge in [0.25, 0.3) is 0 Å². The van der Waals surface area contributed by atoms with E-state index in [1.54, 1.807) is 13.8 Å². The van der Waals surface area contributed by atoms with Gasteiger partial charge in [0.05, 0.1) is 12.2 Å². The molecule has 1 fully saturated rings. The molecule has 0 radical (unpaired) electrons. The van der Waals surface area contributed by atoms with Gasteiger partial charge < -0.3 is 19.1 Å². The zero-order chi connectivity index (χ0) is 13.1. The summed E-state index contributed by atoms with van der Waals surface area (Å²) in [6, 6.07) is 0. The van der Waals surface area contributed by atoms with Gasteiger partial charge in [-0.2, -0.15) is 0 Å². The van der Waals surface area contributed by atoms with E-state index in [0.717, 1.165) is 0 Å². The number of ketones is 2. The summed E-state index contributed by atoms with van der Waals surface area (Å²) in [4.78, 5) is 22.0. The number of hydrogen-bond acceptors (Lipinski definition) is 4. The first-order valence-corrected chi connectivity index (χ1v) is 6.14. The SMILES string of the molecule is CC(=O)CC[C@H]1OC(C)(C)O[C@@H]1CCC(C)=O. The van der Waals surface area contributed by atoms with E-state index in [1.807, 2.05) is 13.8 Å². The predicted molar refractivity (Wildman–Crippen MR) is 63.7 cm³/mol. The third kappa shape index (κ3) is 4.96. The first-order chi connectivity index (χ1) is 7.80. The van der Waals surface area contributed by atoms with Gasteiger partial charge in [0.2, 0.25) is 0 Å². The summed E-state index contributed by atoms with van der Waals surface area (Å²) in [6.45, 7) is 6.88. The topological polar surface area (TPSA) is 52.6 Å². The third-order valence-electron chi connectivity index (χ3n) is 2.85. The second-order valence-electron chi connectivity index (χ2n) is 5.19. The van der Waals surface area contributed by atoms with E-state index in [4.69, 9.17) is 9.47 Å². The van der Waals surface area contributed by atoms with Crippen molar-refractivity contribution in [2.45, 2.75) is 71.4 Å². The number of rotatable bonds is 6. The number of carbonyl (C=O) groups excluding carboxylic acids is 2. The molecule has 0 unspecified atom stereocenters. The van der Waals surface area contributed by atoms with Crippen LogP contribution in [-0.2, 0) is 19.1 Å². The first kappa shape index (κ1) is 14.3. The third-order valence-corrected chi connectivity index (χ3v) is 2.85. The van der Waals surface area contributed by atoms with Gasteiger partial charge in [-0.1, -0.05) is 0 Å². The van der Waals surface area contributed by atoms with Crippen LogP contribution in [0.1, 0.15) is 53.4 Å². The Balaban J connectivity index is 2.51. The minimum absolute atomic E-state index is 0.0757. The second-order valence-corrected chi connectivity index (χ2v) is 5.19. The molecule has 4 nitrogen and oxygen atoms in total. The van der Waals surface area contributed by atoms with Gasteiger partial charge in [-0.15, -0.1) is 0 Å². The summed E-state index contributed by atoms with van der Waals surface area (Å²) in [5.74, 6) is -0.296. The summed E-state index contributed by atoms with van der Waals surface area (Å²) in [7, 11) is 0. The van der Waals surface area contributed by atoms with Crippen LogP contribution in [-0.4, -0.2) is 29.6 Å². The van der Waals surface area contributed by atoms with Gasteiger partial charge in [0.1, 0.15) is 11.6 Å². The Morgan fingerprint density at radius 2 is 1.29 bits per heavy atom. The maximum Gasteiger partial charge on any atom is 0.163 e. The molecule has 1 aliphatic rings. The smallest absolute Gasteiger partial charge is 0.163 e. The summed E-state index contributed by atoms with van der Waals surface area (Å²) >= 11 is 0. The molecule has 0 aromatic carbocycles. The highest BCUT2D eigenvalue weighted by molar-refractivity contribution is 5.75. The second kappa shape index (κ2) is 5.74. The predicted octanol–water partition coefficient (Wildman–Crippen LogP) is 2.24. The summed E-state index contributed by atoms with van der Waals surface area (Å²) in [6.07, 6.45) is 2.19. The highest BCUT2D eigenvalue weighted by Crippen LogP contribution is 2.32. The molecular formula is C13H22O4. The zero-order valence-corrected chi connectivity index (χ0v) is 11.1.